The molecule has 33 heavy (non-hydrogen) atoms. The maximum absolute atomic E-state index is 13.5. The van der Waals surface area contributed by atoms with E-state index < -0.39 is 17.6 Å². The van der Waals surface area contributed by atoms with Gasteiger partial charge in [-0.15, -0.1) is 0 Å². The molecule has 1 N–H and O–H groups in total. The van der Waals surface area contributed by atoms with Crippen LogP contribution in [-0.2, 0) is 9.59 Å². The van der Waals surface area contributed by atoms with Gasteiger partial charge in [-0.3, -0.25) is 9.59 Å². The lowest BCUT2D eigenvalue weighted by atomic mass is 10.0. The van der Waals surface area contributed by atoms with Crippen molar-refractivity contribution in [3.63, 3.8) is 0 Å². The second kappa shape index (κ2) is 9.56. The number of hydrogen-bond acceptors (Lipinski definition) is 5. The molecule has 0 saturated carbocycles. The number of carbonyl (C=O) groups is 2. The van der Waals surface area contributed by atoms with Crippen molar-refractivity contribution >= 4 is 28.8 Å². The average molecular weight is 446 g/mol. The van der Waals surface area contributed by atoms with Crippen molar-refractivity contribution in [2.45, 2.75) is 13.3 Å². The summed E-state index contributed by atoms with van der Waals surface area (Å²) in [5.74, 6) is -0.440. The first-order valence-corrected chi connectivity index (χ1v) is 10.6. The molecule has 1 aliphatic heterocycles. The summed E-state index contributed by atoms with van der Waals surface area (Å²) < 4.78 is 24.6. The standard InChI is InChI=1S/C26H23FN2O4/c1-3-15-33-20-8-6-7-18(16-20)28-24-23(21-9-4-5-10-22(21)32-2)25(30)29(26(24)31)19-13-11-17(27)12-14-19/h4-14,16,28H,3,15H2,1-2H3. The normalized spacial score (nSPS) is 13.5. The van der Waals surface area contributed by atoms with E-state index in [4.69, 9.17) is 9.47 Å². The Balaban J connectivity index is 1.80. The molecule has 6 nitrogen and oxygen atoms in total. The fraction of sp³-hybridized carbons (Fsp3) is 0.154. The van der Waals surface area contributed by atoms with E-state index in [0.717, 1.165) is 11.3 Å². The molecule has 7 heteroatoms. The van der Waals surface area contributed by atoms with Gasteiger partial charge in [0.2, 0.25) is 0 Å². The van der Waals surface area contributed by atoms with Crippen LogP contribution in [0.3, 0.4) is 0 Å². The first-order chi connectivity index (χ1) is 16.0. The van der Waals surface area contributed by atoms with Gasteiger partial charge in [-0.25, -0.2) is 9.29 Å². The van der Waals surface area contributed by atoms with Gasteiger partial charge in [0.25, 0.3) is 11.8 Å². The Bertz CT molecular complexity index is 1220. The predicted molar refractivity (Wildman–Crippen MR) is 125 cm³/mol. The lowest BCUT2D eigenvalue weighted by Gasteiger charge is -2.15. The number of benzene rings is 3. The lowest BCUT2D eigenvalue weighted by molar-refractivity contribution is -0.120. The lowest BCUT2D eigenvalue weighted by Crippen LogP contribution is -2.32. The molecule has 4 rings (SSSR count). The van der Waals surface area contributed by atoms with Crippen LogP contribution < -0.4 is 19.7 Å². The molecule has 0 atom stereocenters. The van der Waals surface area contributed by atoms with E-state index in [1.165, 1.54) is 31.4 Å². The molecular formula is C26H23FN2O4. The Labute approximate surface area is 191 Å². The van der Waals surface area contributed by atoms with Gasteiger partial charge in [-0.1, -0.05) is 31.2 Å². The van der Waals surface area contributed by atoms with Gasteiger partial charge in [0.15, 0.2) is 0 Å². The summed E-state index contributed by atoms with van der Waals surface area (Å²) in [6, 6.07) is 19.4. The molecule has 0 fully saturated rings. The summed E-state index contributed by atoms with van der Waals surface area (Å²) in [4.78, 5) is 28.0. The Morgan fingerprint density at radius 2 is 1.70 bits per heavy atom. The van der Waals surface area contributed by atoms with Crippen LogP contribution in [0.4, 0.5) is 15.8 Å². The zero-order valence-corrected chi connectivity index (χ0v) is 18.3. The number of methoxy groups -OCH3 is 1. The molecule has 1 aliphatic rings. The third-order valence-electron chi connectivity index (χ3n) is 5.12. The van der Waals surface area contributed by atoms with Gasteiger partial charge in [0, 0.05) is 17.3 Å². The number of halogens is 1. The first kappa shape index (κ1) is 22.1. The second-order valence-electron chi connectivity index (χ2n) is 7.37. The number of nitrogens with zero attached hydrogens (tertiary/aromatic N) is 1. The van der Waals surface area contributed by atoms with Gasteiger partial charge in [-0.05, 0) is 48.9 Å². The molecule has 0 bridgehead atoms. The summed E-state index contributed by atoms with van der Waals surface area (Å²) >= 11 is 0. The topological polar surface area (TPSA) is 67.9 Å². The zero-order chi connectivity index (χ0) is 23.4. The minimum absolute atomic E-state index is 0.0986. The largest absolute Gasteiger partial charge is 0.496 e. The molecule has 2 amide bonds. The molecule has 168 valence electrons. The highest BCUT2D eigenvalue weighted by molar-refractivity contribution is 6.46. The highest BCUT2D eigenvalue weighted by Gasteiger charge is 2.41. The fourth-order valence-corrected chi connectivity index (χ4v) is 3.60. The van der Waals surface area contributed by atoms with Crippen molar-refractivity contribution < 1.29 is 23.5 Å². The van der Waals surface area contributed by atoms with Crippen LogP contribution in [0.2, 0.25) is 0 Å². The number of rotatable bonds is 8. The van der Waals surface area contributed by atoms with E-state index in [-0.39, 0.29) is 17.0 Å². The van der Waals surface area contributed by atoms with Crippen LogP contribution in [0, 0.1) is 5.82 Å². The Morgan fingerprint density at radius 3 is 2.42 bits per heavy atom. The number of carbonyl (C=O) groups excluding carboxylic acids is 2. The van der Waals surface area contributed by atoms with E-state index >= 15 is 0 Å². The van der Waals surface area contributed by atoms with Crippen LogP contribution >= 0.6 is 0 Å². The number of anilines is 2. The fourth-order valence-electron chi connectivity index (χ4n) is 3.60. The maximum atomic E-state index is 13.5. The summed E-state index contributed by atoms with van der Waals surface area (Å²) in [6.07, 6.45) is 0.861. The van der Waals surface area contributed by atoms with Crippen LogP contribution in [-0.4, -0.2) is 25.5 Å². The van der Waals surface area contributed by atoms with Gasteiger partial charge >= 0.3 is 0 Å². The van der Waals surface area contributed by atoms with Crippen molar-refractivity contribution in [2.24, 2.45) is 0 Å². The number of ether oxygens (including phenoxy) is 2. The van der Waals surface area contributed by atoms with Gasteiger partial charge in [0.05, 0.1) is 25.0 Å². The Hall–Kier alpha value is -4.13. The number of hydrogen-bond donors (Lipinski definition) is 1. The SMILES string of the molecule is CCCOc1cccc(NC2=C(c3ccccc3OC)C(=O)N(c3ccc(F)cc3)C2=O)c1. The minimum Gasteiger partial charge on any atom is -0.496 e. The predicted octanol–water partition coefficient (Wildman–Crippen LogP) is 5.02. The van der Waals surface area contributed by atoms with Gasteiger partial charge in [-0.2, -0.15) is 0 Å². The average Bonchev–Trinajstić information content (AvgIpc) is 3.07. The molecule has 0 spiro atoms. The molecule has 0 aliphatic carbocycles. The molecule has 0 aromatic heterocycles. The zero-order valence-electron chi connectivity index (χ0n) is 18.3. The summed E-state index contributed by atoms with van der Waals surface area (Å²) in [6.45, 7) is 2.58. The third-order valence-corrected chi connectivity index (χ3v) is 5.12. The highest BCUT2D eigenvalue weighted by Crippen LogP contribution is 2.37. The first-order valence-electron chi connectivity index (χ1n) is 10.6. The summed E-state index contributed by atoms with van der Waals surface area (Å²) in [5, 5.41) is 3.11. The monoisotopic (exact) mass is 446 g/mol. The van der Waals surface area contributed by atoms with E-state index in [1.54, 1.807) is 42.5 Å². The van der Waals surface area contributed by atoms with Crippen LogP contribution in [0.25, 0.3) is 5.57 Å². The van der Waals surface area contributed by atoms with E-state index in [2.05, 4.69) is 5.32 Å². The highest BCUT2D eigenvalue weighted by atomic mass is 19.1. The van der Waals surface area contributed by atoms with E-state index in [9.17, 15) is 14.0 Å². The second-order valence-corrected chi connectivity index (χ2v) is 7.37. The molecule has 0 radical (unpaired) electrons. The molecule has 0 saturated heterocycles. The minimum atomic E-state index is -0.549. The molecule has 3 aromatic rings. The van der Waals surface area contributed by atoms with Crippen LogP contribution in [0.15, 0.2) is 78.5 Å². The number of nitrogens with one attached hydrogen (secondary N) is 1. The number of para-hydroxylation sites is 1. The summed E-state index contributed by atoms with van der Waals surface area (Å²) in [5.41, 5.74) is 1.61. The van der Waals surface area contributed by atoms with E-state index in [0.29, 0.717) is 29.4 Å². The van der Waals surface area contributed by atoms with Crippen LogP contribution in [0.1, 0.15) is 18.9 Å². The summed E-state index contributed by atoms with van der Waals surface area (Å²) in [7, 11) is 1.50. The Kier molecular flexibility index (Phi) is 6.40. The number of imide groups is 1. The van der Waals surface area contributed by atoms with Crippen molar-refractivity contribution in [2.75, 3.05) is 23.9 Å². The number of amides is 2. The molecule has 1 heterocycles. The van der Waals surface area contributed by atoms with Crippen molar-refractivity contribution in [1.82, 2.24) is 0 Å². The van der Waals surface area contributed by atoms with E-state index in [1.807, 2.05) is 13.0 Å². The van der Waals surface area contributed by atoms with Crippen molar-refractivity contribution in [3.05, 3.63) is 89.9 Å². The molecular weight excluding hydrogens is 423 g/mol. The quantitative estimate of drug-likeness (QED) is 0.492. The molecule has 3 aromatic carbocycles. The smallest absolute Gasteiger partial charge is 0.282 e. The van der Waals surface area contributed by atoms with Crippen molar-refractivity contribution in [1.29, 1.82) is 0 Å². The van der Waals surface area contributed by atoms with Gasteiger partial charge in [0.1, 0.15) is 23.0 Å². The molecule has 0 unspecified atom stereocenters. The third kappa shape index (κ3) is 4.43. The Morgan fingerprint density at radius 1 is 0.939 bits per heavy atom. The van der Waals surface area contributed by atoms with Crippen LogP contribution in [0.5, 0.6) is 11.5 Å². The maximum Gasteiger partial charge on any atom is 0.282 e. The van der Waals surface area contributed by atoms with Gasteiger partial charge < -0.3 is 14.8 Å². The van der Waals surface area contributed by atoms with Crippen molar-refractivity contribution in [3.8, 4) is 11.5 Å².